The smallest absolute Gasteiger partial charge is 0.180 e. The minimum absolute atomic E-state index is 0.735. The van der Waals surface area contributed by atoms with E-state index in [-0.39, 0.29) is 0 Å². The zero-order valence-electron chi connectivity index (χ0n) is 12.7. The number of hydrogen-bond donors (Lipinski definition) is 0. The van der Waals surface area contributed by atoms with Gasteiger partial charge in [-0.3, -0.25) is 4.40 Å². The summed E-state index contributed by atoms with van der Waals surface area (Å²) in [5.41, 5.74) is 5.16. The maximum Gasteiger partial charge on any atom is 0.180 e. The maximum atomic E-state index is 5.80. The first kappa shape index (κ1) is 14.7. The van der Waals surface area contributed by atoms with Crippen molar-refractivity contribution in [2.45, 2.75) is 39.4 Å². The maximum absolute atomic E-state index is 5.80. The molecule has 3 nitrogen and oxygen atoms in total. The molecular weight excluding hydrogens is 264 g/mol. The van der Waals surface area contributed by atoms with Crippen molar-refractivity contribution in [3.8, 4) is 17.2 Å². The van der Waals surface area contributed by atoms with Crippen LogP contribution in [0.15, 0.2) is 24.5 Å². The van der Waals surface area contributed by atoms with Crippen molar-refractivity contribution < 1.29 is 4.74 Å². The van der Waals surface area contributed by atoms with Crippen LogP contribution < -0.4 is 4.74 Å². The molecule has 0 N–H and O–H groups in total. The first-order valence-electron chi connectivity index (χ1n) is 7.13. The molecule has 4 heteroatoms. The van der Waals surface area contributed by atoms with Crippen LogP contribution in [0.2, 0.25) is 19.6 Å². The number of pyridine rings is 1. The molecule has 0 radical (unpaired) electrons. The highest BCUT2D eigenvalue weighted by atomic mass is 28.3. The third-order valence-electron chi connectivity index (χ3n) is 2.82. The largest absolute Gasteiger partial charge is 0.490 e. The van der Waals surface area contributed by atoms with Gasteiger partial charge in [-0.05, 0) is 18.6 Å². The summed E-state index contributed by atoms with van der Waals surface area (Å²) in [6.45, 7) is 9.61. The number of unbranched alkanes of at least 4 members (excludes halogenated alkanes) is 1. The van der Waals surface area contributed by atoms with Gasteiger partial charge < -0.3 is 4.74 Å². The molecule has 2 rings (SSSR count). The predicted molar refractivity (Wildman–Crippen MR) is 85.8 cm³/mol. The summed E-state index contributed by atoms with van der Waals surface area (Å²) in [6.07, 6.45) is 6.01. The van der Waals surface area contributed by atoms with Crippen LogP contribution in [-0.2, 0) is 0 Å². The summed E-state index contributed by atoms with van der Waals surface area (Å²) in [6, 6.07) is 3.95. The lowest BCUT2D eigenvalue weighted by molar-refractivity contribution is 0.311. The molecule has 0 saturated carbocycles. The first-order valence-corrected chi connectivity index (χ1v) is 10.6. The Bertz CT molecular complexity index is 644. The molecule has 20 heavy (non-hydrogen) atoms. The summed E-state index contributed by atoms with van der Waals surface area (Å²) < 4.78 is 7.80. The summed E-state index contributed by atoms with van der Waals surface area (Å²) in [5.74, 6) is 4.09. The average molecular weight is 286 g/mol. The molecule has 2 aromatic rings. The highest BCUT2D eigenvalue weighted by Gasteiger charge is 2.10. The van der Waals surface area contributed by atoms with E-state index in [1.807, 2.05) is 28.9 Å². The molecule has 0 aliphatic heterocycles. The lowest BCUT2D eigenvalue weighted by atomic mass is 10.3. The molecule has 0 unspecified atom stereocenters. The van der Waals surface area contributed by atoms with Crippen LogP contribution in [0.1, 0.15) is 25.5 Å². The van der Waals surface area contributed by atoms with E-state index in [0.29, 0.717) is 0 Å². The quantitative estimate of drug-likeness (QED) is 0.486. The van der Waals surface area contributed by atoms with Crippen LogP contribution in [0, 0.1) is 11.5 Å². The van der Waals surface area contributed by atoms with Gasteiger partial charge in [-0.25, -0.2) is 4.98 Å². The van der Waals surface area contributed by atoms with Crippen LogP contribution >= 0.6 is 0 Å². The van der Waals surface area contributed by atoms with Gasteiger partial charge in [-0.2, -0.15) is 0 Å². The van der Waals surface area contributed by atoms with Crippen molar-refractivity contribution in [1.82, 2.24) is 9.38 Å². The number of fused-ring (bicyclic) bond motifs is 1. The van der Waals surface area contributed by atoms with E-state index in [1.54, 1.807) is 0 Å². The van der Waals surface area contributed by atoms with Gasteiger partial charge in [0.05, 0.1) is 12.8 Å². The Morgan fingerprint density at radius 1 is 1.35 bits per heavy atom. The lowest BCUT2D eigenvalue weighted by Crippen LogP contribution is -2.16. The molecule has 0 spiro atoms. The molecule has 0 atom stereocenters. The van der Waals surface area contributed by atoms with Crippen LogP contribution in [0.25, 0.3) is 5.65 Å². The zero-order chi connectivity index (χ0) is 14.6. The summed E-state index contributed by atoms with van der Waals surface area (Å²) in [5, 5.41) is 0. The monoisotopic (exact) mass is 286 g/mol. The minimum atomic E-state index is -1.37. The van der Waals surface area contributed by atoms with Crippen molar-refractivity contribution in [2.75, 3.05) is 6.61 Å². The van der Waals surface area contributed by atoms with Crippen LogP contribution in [0.4, 0.5) is 0 Å². The van der Waals surface area contributed by atoms with E-state index in [2.05, 4.69) is 43.0 Å². The third-order valence-corrected chi connectivity index (χ3v) is 3.70. The van der Waals surface area contributed by atoms with Gasteiger partial charge in [0.1, 0.15) is 13.8 Å². The molecule has 0 aliphatic rings. The van der Waals surface area contributed by atoms with E-state index < -0.39 is 8.07 Å². The molecule has 0 saturated heterocycles. The molecule has 0 bridgehead atoms. The Kier molecular flexibility index (Phi) is 4.51. The first-order chi connectivity index (χ1) is 9.51. The number of nitrogens with zero attached hydrogens (tertiary/aromatic N) is 2. The number of aromatic nitrogens is 2. The fraction of sp³-hybridized carbons (Fsp3) is 0.438. The Morgan fingerprint density at radius 2 is 2.15 bits per heavy atom. The topological polar surface area (TPSA) is 26.5 Å². The van der Waals surface area contributed by atoms with Gasteiger partial charge in [0.2, 0.25) is 0 Å². The van der Waals surface area contributed by atoms with Gasteiger partial charge >= 0.3 is 0 Å². The number of rotatable bonds is 4. The summed E-state index contributed by atoms with van der Waals surface area (Å²) in [7, 11) is -1.37. The fourth-order valence-electron chi connectivity index (χ4n) is 1.77. The Hall–Kier alpha value is -1.73. The molecule has 0 aliphatic carbocycles. The van der Waals surface area contributed by atoms with Crippen LogP contribution in [0.3, 0.4) is 0 Å². The van der Waals surface area contributed by atoms with Crippen molar-refractivity contribution >= 4 is 13.7 Å². The van der Waals surface area contributed by atoms with Gasteiger partial charge in [0, 0.05) is 6.20 Å². The molecule has 0 aromatic carbocycles. The Labute approximate surface area is 122 Å². The fourth-order valence-corrected chi connectivity index (χ4v) is 2.27. The van der Waals surface area contributed by atoms with E-state index in [4.69, 9.17) is 4.74 Å². The predicted octanol–water partition coefficient (Wildman–Crippen LogP) is 3.74. The lowest BCUT2D eigenvalue weighted by Gasteiger charge is -2.06. The summed E-state index contributed by atoms with van der Waals surface area (Å²) in [4.78, 5) is 4.45. The Morgan fingerprint density at radius 3 is 2.85 bits per heavy atom. The minimum Gasteiger partial charge on any atom is -0.490 e. The van der Waals surface area contributed by atoms with Gasteiger partial charge in [-0.1, -0.05) is 38.9 Å². The zero-order valence-corrected chi connectivity index (χ0v) is 13.7. The van der Waals surface area contributed by atoms with Crippen molar-refractivity contribution in [3.05, 3.63) is 30.2 Å². The number of ether oxygens (including phenoxy) is 1. The van der Waals surface area contributed by atoms with Gasteiger partial charge in [-0.15, -0.1) is 5.54 Å². The van der Waals surface area contributed by atoms with Crippen molar-refractivity contribution in [3.63, 3.8) is 0 Å². The Balaban J connectivity index is 2.31. The second-order valence-electron chi connectivity index (χ2n) is 5.91. The highest BCUT2D eigenvalue weighted by Crippen LogP contribution is 2.19. The average Bonchev–Trinajstić information content (AvgIpc) is 2.80. The second kappa shape index (κ2) is 6.15. The molecule has 0 amide bonds. The van der Waals surface area contributed by atoms with Crippen molar-refractivity contribution in [1.29, 1.82) is 0 Å². The van der Waals surface area contributed by atoms with Gasteiger partial charge in [0.15, 0.2) is 11.4 Å². The normalized spacial score (nSPS) is 11.2. The number of imidazole rings is 1. The highest BCUT2D eigenvalue weighted by molar-refractivity contribution is 6.83. The van der Waals surface area contributed by atoms with Gasteiger partial charge in [0.25, 0.3) is 0 Å². The standard InChI is InChI=1S/C16H22N2OSi/c1-5-6-11-19-15-8-7-10-18-14(13-17-16(15)18)9-12-20(2,3)4/h7-8,10,13H,5-6,11H2,1-4H3. The van der Waals surface area contributed by atoms with E-state index >= 15 is 0 Å². The van der Waals surface area contributed by atoms with Crippen molar-refractivity contribution in [2.24, 2.45) is 0 Å². The second-order valence-corrected chi connectivity index (χ2v) is 10.7. The SMILES string of the molecule is CCCCOc1cccn2c(C#C[Si](C)(C)C)cnc12. The van der Waals surface area contributed by atoms with E-state index in [9.17, 15) is 0 Å². The van der Waals surface area contributed by atoms with Crippen LogP contribution in [-0.4, -0.2) is 24.1 Å². The third kappa shape index (κ3) is 3.64. The molecule has 0 fully saturated rings. The molecule has 106 valence electrons. The van der Waals surface area contributed by atoms with E-state index in [0.717, 1.165) is 36.5 Å². The molecular formula is C16H22N2OSi. The number of hydrogen-bond acceptors (Lipinski definition) is 2. The summed E-state index contributed by atoms with van der Waals surface area (Å²) >= 11 is 0. The molecule has 2 heterocycles. The van der Waals surface area contributed by atoms with Crippen LogP contribution in [0.5, 0.6) is 5.75 Å². The van der Waals surface area contributed by atoms with E-state index in [1.165, 1.54) is 0 Å². The molecule has 2 aromatic heterocycles.